The van der Waals surface area contributed by atoms with E-state index in [9.17, 15) is 13.7 Å². The predicted octanol–water partition coefficient (Wildman–Crippen LogP) is 0.819. The van der Waals surface area contributed by atoms with Gasteiger partial charge in [-0.15, -0.1) is 0 Å². The third-order valence-corrected chi connectivity index (χ3v) is 5.12. The van der Waals surface area contributed by atoms with Crippen LogP contribution in [0.3, 0.4) is 0 Å². The third kappa shape index (κ3) is 2.50. The highest BCUT2D eigenvalue weighted by atomic mass is 32.2. The average molecular weight is 280 g/mol. The molecule has 1 heterocycles. The Hall–Kier alpha value is -1.42. The Bertz CT molecular complexity index is 607. The average Bonchev–Trinajstić information content (AvgIpc) is 2.42. The molecule has 5 nitrogen and oxygen atoms in total. The molecule has 0 spiro atoms. The summed E-state index contributed by atoms with van der Waals surface area (Å²) >= 11 is 0. The molecular formula is C13H16N2O3S. The number of methoxy groups -OCH3 is 1. The third-order valence-electron chi connectivity index (χ3n) is 3.35. The summed E-state index contributed by atoms with van der Waals surface area (Å²) in [6.07, 6.45) is 0.257. The second kappa shape index (κ2) is 5.29. The van der Waals surface area contributed by atoms with Gasteiger partial charge in [0.05, 0.1) is 23.3 Å². The Kier molecular flexibility index (Phi) is 3.90. The van der Waals surface area contributed by atoms with Gasteiger partial charge in [-0.25, -0.2) is 8.42 Å². The van der Waals surface area contributed by atoms with Crippen molar-refractivity contribution in [3.8, 4) is 6.07 Å². The Labute approximate surface area is 113 Å². The van der Waals surface area contributed by atoms with E-state index in [1.165, 1.54) is 0 Å². The number of hydrogen-bond acceptors (Lipinski definition) is 5. The van der Waals surface area contributed by atoms with Crippen LogP contribution in [0, 0.1) is 11.3 Å². The maximum absolute atomic E-state index is 12.0. The normalized spacial score (nSPS) is 24.4. The lowest BCUT2D eigenvalue weighted by Crippen LogP contribution is -2.47. The van der Waals surface area contributed by atoms with Crippen molar-refractivity contribution in [1.29, 1.82) is 5.26 Å². The van der Waals surface area contributed by atoms with E-state index in [1.54, 1.807) is 31.4 Å². The molecule has 0 fully saturated rings. The van der Waals surface area contributed by atoms with Crippen molar-refractivity contribution in [2.45, 2.75) is 16.9 Å². The maximum Gasteiger partial charge on any atom is 0.178 e. The molecule has 1 aliphatic heterocycles. The molecule has 6 heteroatoms. The molecule has 0 aliphatic carbocycles. The highest BCUT2D eigenvalue weighted by Gasteiger charge is 2.41. The number of nitrogens with one attached hydrogen (secondary N) is 1. The zero-order valence-corrected chi connectivity index (χ0v) is 11.5. The highest BCUT2D eigenvalue weighted by molar-refractivity contribution is 7.91. The monoisotopic (exact) mass is 280 g/mol. The van der Waals surface area contributed by atoms with Crippen molar-refractivity contribution in [2.75, 3.05) is 26.0 Å². The molecule has 1 aliphatic rings. The maximum atomic E-state index is 12.0. The Morgan fingerprint density at radius 2 is 2.21 bits per heavy atom. The number of benzene rings is 1. The zero-order valence-electron chi connectivity index (χ0n) is 10.7. The number of nitriles is 1. The molecule has 0 radical (unpaired) electrons. The molecule has 2 rings (SSSR count). The van der Waals surface area contributed by atoms with Gasteiger partial charge in [-0.1, -0.05) is 18.2 Å². The van der Waals surface area contributed by atoms with Gasteiger partial charge in [-0.05, 0) is 12.5 Å². The summed E-state index contributed by atoms with van der Waals surface area (Å²) in [4.78, 5) is 0.257. The predicted molar refractivity (Wildman–Crippen MR) is 70.3 cm³/mol. The summed E-state index contributed by atoms with van der Waals surface area (Å²) in [5.41, 5.74) is -0.402. The minimum Gasteiger partial charge on any atom is -0.383 e. The van der Waals surface area contributed by atoms with E-state index in [1.807, 2.05) is 0 Å². The second-order valence-electron chi connectivity index (χ2n) is 4.50. The molecule has 1 atom stereocenters. The number of sulfone groups is 1. The van der Waals surface area contributed by atoms with Crippen LogP contribution in [0.25, 0.3) is 0 Å². The fourth-order valence-corrected chi connectivity index (χ4v) is 3.99. The molecule has 0 amide bonds. The van der Waals surface area contributed by atoms with Gasteiger partial charge in [0.15, 0.2) is 9.84 Å². The number of ether oxygens (including phenoxy) is 1. The van der Waals surface area contributed by atoms with Gasteiger partial charge in [-0.3, -0.25) is 5.32 Å². The lowest BCUT2D eigenvalue weighted by Gasteiger charge is -2.33. The van der Waals surface area contributed by atoms with Crippen molar-refractivity contribution in [2.24, 2.45) is 0 Å². The van der Waals surface area contributed by atoms with Crippen LogP contribution < -0.4 is 5.32 Å². The van der Waals surface area contributed by atoms with Crippen LogP contribution in [0.4, 0.5) is 0 Å². The number of rotatable bonds is 4. The summed E-state index contributed by atoms with van der Waals surface area (Å²) in [6.45, 7) is 0.969. The SMILES string of the molecule is COCCNC1(C#N)CCS(=O)(=O)c2ccccc21. The first-order chi connectivity index (χ1) is 9.06. The van der Waals surface area contributed by atoms with Crippen molar-refractivity contribution < 1.29 is 13.2 Å². The van der Waals surface area contributed by atoms with Crippen LogP contribution in [0.1, 0.15) is 12.0 Å². The molecule has 1 unspecified atom stereocenters. The fraction of sp³-hybridized carbons (Fsp3) is 0.462. The summed E-state index contributed by atoms with van der Waals surface area (Å²) in [5.74, 6) is -0.0163. The zero-order chi connectivity index (χ0) is 13.9. The molecule has 0 aromatic heterocycles. The van der Waals surface area contributed by atoms with Crippen LogP contribution in [-0.2, 0) is 20.1 Å². The van der Waals surface area contributed by atoms with Crippen LogP contribution >= 0.6 is 0 Å². The van der Waals surface area contributed by atoms with Gasteiger partial charge in [0.1, 0.15) is 5.54 Å². The second-order valence-corrected chi connectivity index (χ2v) is 6.58. The lowest BCUT2D eigenvalue weighted by atomic mass is 9.88. The Balaban J connectivity index is 2.45. The van der Waals surface area contributed by atoms with Gasteiger partial charge in [-0.2, -0.15) is 5.26 Å². The molecule has 102 valence electrons. The summed E-state index contributed by atoms with van der Waals surface area (Å²) in [5, 5.41) is 12.6. The minimum absolute atomic E-state index is 0.0163. The summed E-state index contributed by atoms with van der Waals surface area (Å²) < 4.78 is 29.1. The first kappa shape index (κ1) is 14.0. The van der Waals surface area contributed by atoms with E-state index in [4.69, 9.17) is 4.74 Å². The highest BCUT2D eigenvalue weighted by Crippen LogP contribution is 2.36. The van der Waals surface area contributed by atoms with Crippen LogP contribution in [0.5, 0.6) is 0 Å². The van der Waals surface area contributed by atoms with E-state index >= 15 is 0 Å². The smallest absolute Gasteiger partial charge is 0.178 e. The van der Waals surface area contributed by atoms with E-state index in [0.717, 1.165) is 0 Å². The van der Waals surface area contributed by atoms with E-state index in [-0.39, 0.29) is 17.1 Å². The van der Waals surface area contributed by atoms with Crippen LogP contribution in [0.2, 0.25) is 0 Å². The first-order valence-corrected chi connectivity index (χ1v) is 7.68. The lowest BCUT2D eigenvalue weighted by molar-refractivity contribution is 0.189. The van der Waals surface area contributed by atoms with Gasteiger partial charge in [0, 0.05) is 19.2 Å². The summed E-state index contributed by atoms with van der Waals surface area (Å²) in [7, 11) is -1.69. The molecule has 0 saturated heterocycles. The van der Waals surface area contributed by atoms with Crippen LogP contribution in [0.15, 0.2) is 29.2 Å². The largest absolute Gasteiger partial charge is 0.383 e. The van der Waals surface area contributed by atoms with Crippen molar-refractivity contribution >= 4 is 9.84 Å². The Morgan fingerprint density at radius 1 is 1.47 bits per heavy atom. The molecular weight excluding hydrogens is 264 g/mol. The van der Waals surface area contributed by atoms with Gasteiger partial charge in [0.25, 0.3) is 0 Å². The van der Waals surface area contributed by atoms with Crippen molar-refractivity contribution in [3.05, 3.63) is 29.8 Å². The minimum atomic E-state index is -3.28. The van der Waals surface area contributed by atoms with E-state index in [0.29, 0.717) is 18.7 Å². The molecule has 19 heavy (non-hydrogen) atoms. The fourth-order valence-electron chi connectivity index (χ4n) is 2.33. The standard InChI is InChI=1S/C13H16N2O3S/c1-18-8-7-15-13(10-14)6-9-19(16,17)12-5-3-2-4-11(12)13/h2-5,15H,6-9H2,1H3. The van der Waals surface area contributed by atoms with Crippen LogP contribution in [-0.4, -0.2) is 34.4 Å². The molecule has 1 aromatic rings. The van der Waals surface area contributed by atoms with E-state index in [2.05, 4.69) is 11.4 Å². The topological polar surface area (TPSA) is 79.2 Å². The molecule has 1 aromatic carbocycles. The number of hydrogen-bond donors (Lipinski definition) is 1. The molecule has 0 saturated carbocycles. The van der Waals surface area contributed by atoms with Crippen molar-refractivity contribution in [3.63, 3.8) is 0 Å². The van der Waals surface area contributed by atoms with Gasteiger partial charge in [0.2, 0.25) is 0 Å². The van der Waals surface area contributed by atoms with Gasteiger partial charge >= 0.3 is 0 Å². The number of nitrogens with zero attached hydrogens (tertiary/aromatic N) is 1. The van der Waals surface area contributed by atoms with Gasteiger partial charge < -0.3 is 4.74 Å². The summed E-state index contributed by atoms with van der Waals surface area (Å²) in [6, 6.07) is 8.94. The van der Waals surface area contributed by atoms with Crippen molar-refractivity contribution in [1.82, 2.24) is 5.32 Å². The number of fused-ring (bicyclic) bond motifs is 1. The Morgan fingerprint density at radius 3 is 2.89 bits per heavy atom. The molecule has 0 bridgehead atoms. The quantitative estimate of drug-likeness (QED) is 0.826. The molecule has 1 N–H and O–H groups in total. The first-order valence-electron chi connectivity index (χ1n) is 6.03. The van der Waals surface area contributed by atoms with E-state index < -0.39 is 15.4 Å².